The monoisotopic (exact) mass is 435 g/mol. The Kier molecular flexibility index (Phi) is 5.52. The number of nitrogens with zero attached hydrogens (tertiary/aromatic N) is 5. The molecule has 0 N–H and O–H groups in total. The Balaban J connectivity index is 1.29. The zero-order valence-electron chi connectivity index (χ0n) is 18.3. The molecule has 0 saturated carbocycles. The lowest BCUT2D eigenvalue weighted by molar-refractivity contribution is 0.157. The van der Waals surface area contributed by atoms with Crippen LogP contribution in [0.1, 0.15) is 29.3 Å². The number of anilines is 1. The molecule has 6 nitrogen and oxygen atoms in total. The topological polar surface area (TPSA) is 52.6 Å². The largest absolute Gasteiger partial charge is 0.352 e. The molecule has 31 heavy (non-hydrogen) atoms. The minimum Gasteiger partial charge on any atom is -0.352 e. The molecular weight excluding hydrogens is 406 g/mol. The number of aryl methyl sites for hydroxylation is 1. The van der Waals surface area contributed by atoms with Gasteiger partial charge < -0.3 is 14.7 Å². The first-order chi connectivity index (χ1) is 15.1. The van der Waals surface area contributed by atoms with Crippen molar-refractivity contribution >= 4 is 33.4 Å². The third-order valence-corrected chi connectivity index (χ3v) is 7.67. The second kappa shape index (κ2) is 8.46. The van der Waals surface area contributed by atoms with E-state index in [1.165, 1.54) is 22.2 Å². The third kappa shape index (κ3) is 3.99. The number of urea groups is 1. The van der Waals surface area contributed by atoms with E-state index in [0.29, 0.717) is 19.6 Å². The van der Waals surface area contributed by atoms with Gasteiger partial charge in [0, 0.05) is 44.6 Å². The Morgan fingerprint density at radius 3 is 2.71 bits per heavy atom. The quantitative estimate of drug-likeness (QED) is 0.619. The van der Waals surface area contributed by atoms with E-state index in [9.17, 15) is 4.79 Å². The molecule has 1 aliphatic carbocycles. The Bertz CT molecular complexity index is 1070. The summed E-state index contributed by atoms with van der Waals surface area (Å²) < 4.78 is 0. The van der Waals surface area contributed by atoms with Crippen LogP contribution in [0, 0.1) is 5.92 Å². The van der Waals surface area contributed by atoms with Crippen molar-refractivity contribution in [2.45, 2.75) is 32.7 Å². The lowest BCUT2D eigenvalue weighted by atomic mass is 9.89. The number of hydrogen-bond acceptors (Lipinski definition) is 5. The van der Waals surface area contributed by atoms with Crippen molar-refractivity contribution in [1.82, 2.24) is 19.8 Å². The minimum absolute atomic E-state index is 0.0956. The van der Waals surface area contributed by atoms with Crippen molar-refractivity contribution in [3.8, 4) is 0 Å². The van der Waals surface area contributed by atoms with Crippen LogP contribution in [-0.2, 0) is 19.4 Å². The molecule has 2 aliphatic rings. The average Bonchev–Trinajstić information content (AvgIpc) is 3.17. The number of benzene rings is 1. The van der Waals surface area contributed by atoms with Crippen molar-refractivity contribution in [2.24, 2.45) is 5.92 Å². The fourth-order valence-corrected chi connectivity index (χ4v) is 6.12. The van der Waals surface area contributed by atoms with Gasteiger partial charge >= 0.3 is 6.03 Å². The molecule has 2 aromatic heterocycles. The Hall–Kier alpha value is -2.67. The highest BCUT2D eigenvalue weighted by Crippen LogP contribution is 2.40. The number of fused-ring (bicyclic) bond motifs is 3. The first-order valence-electron chi connectivity index (χ1n) is 11.1. The van der Waals surface area contributed by atoms with Gasteiger partial charge in [-0.3, -0.25) is 0 Å². The van der Waals surface area contributed by atoms with Crippen LogP contribution < -0.4 is 4.90 Å². The standard InChI is InChI=1S/C24H29N5OS/c1-17-8-9-19-20(14-17)31-23-21(19)22(25-16-26-23)28-10-12-29(13-11-28)24(30)27(2)15-18-6-4-3-5-7-18/h3-7,16-17H,8-15H2,1-2H3. The van der Waals surface area contributed by atoms with E-state index in [1.54, 1.807) is 6.33 Å². The van der Waals surface area contributed by atoms with Crippen molar-refractivity contribution in [1.29, 1.82) is 0 Å². The third-order valence-electron chi connectivity index (χ3n) is 6.51. The maximum Gasteiger partial charge on any atom is 0.320 e. The summed E-state index contributed by atoms with van der Waals surface area (Å²) in [5.74, 6) is 1.81. The number of carbonyl (C=O) groups excluding carboxylic acids is 1. The van der Waals surface area contributed by atoms with Gasteiger partial charge in [-0.1, -0.05) is 37.3 Å². The highest BCUT2D eigenvalue weighted by molar-refractivity contribution is 7.19. The summed E-state index contributed by atoms with van der Waals surface area (Å²) >= 11 is 1.84. The van der Waals surface area contributed by atoms with Gasteiger partial charge in [0.1, 0.15) is 17.0 Å². The molecule has 1 aliphatic heterocycles. The number of thiophene rings is 1. The molecule has 162 valence electrons. The Morgan fingerprint density at radius 2 is 1.94 bits per heavy atom. The second-order valence-electron chi connectivity index (χ2n) is 8.83. The van der Waals surface area contributed by atoms with Crippen molar-refractivity contribution in [3.05, 3.63) is 52.7 Å². The number of piperazine rings is 1. The van der Waals surface area contributed by atoms with E-state index in [0.717, 1.165) is 48.1 Å². The maximum absolute atomic E-state index is 12.9. The number of carbonyl (C=O) groups is 1. The van der Waals surface area contributed by atoms with Crippen molar-refractivity contribution in [2.75, 3.05) is 38.1 Å². The van der Waals surface area contributed by atoms with E-state index in [4.69, 9.17) is 4.98 Å². The molecule has 7 heteroatoms. The molecule has 1 unspecified atom stereocenters. The predicted molar refractivity (Wildman–Crippen MR) is 126 cm³/mol. The first-order valence-corrected chi connectivity index (χ1v) is 12.0. The predicted octanol–water partition coefficient (Wildman–Crippen LogP) is 4.19. The van der Waals surface area contributed by atoms with Crippen LogP contribution in [-0.4, -0.2) is 59.0 Å². The van der Waals surface area contributed by atoms with Crippen LogP contribution >= 0.6 is 11.3 Å². The van der Waals surface area contributed by atoms with Gasteiger partial charge in [-0.2, -0.15) is 0 Å². The molecule has 5 rings (SSSR count). The Labute approximate surface area is 187 Å². The van der Waals surface area contributed by atoms with Crippen LogP contribution in [0.2, 0.25) is 0 Å². The molecule has 0 bridgehead atoms. The van der Waals surface area contributed by atoms with E-state index in [-0.39, 0.29) is 6.03 Å². The van der Waals surface area contributed by atoms with Gasteiger partial charge in [0.05, 0.1) is 5.39 Å². The van der Waals surface area contributed by atoms with Gasteiger partial charge in [0.2, 0.25) is 0 Å². The SMILES string of the molecule is CC1CCc2c(sc3ncnc(N4CCN(C(=O)N(C)Cc5ccccc5)CC4)c23)C1. The summed E-state index contributed by atoms with van der Waals surface area (Å²) in [6.07, 6.45) is 5.23. The molecule has 1 fully saturated rings. The normalized spacial score (nSPS) is 18.8. The molecule has 3 heterocycles. The molecule has 0 radical (unpaired) electrons. The van der Waals surface area contributed by atoms with Crippen LogP contribution in [0.3, 0.4) is 0 Å². The van der Waals surface area contributed by atoms with Gasteiger partial charge in [0.25, 0.3) is 0 Å². The average molecular weight is 436 g/mol. The molecule has 1 atom stereocenters. The number of hydrogen-bond donors (Lipinski definition) is 0. The van der Waals surface area contributed by atoms with Crippen LogP contribution in [0.4, 0.5) is 10.6 Å². The lowest BCUT2D eigenvalue weighted by Gasteiger charge is -2.37. The molecule has 2 amide bonds. The summed E-state index contributed by atoms with van der Waals surface area (Å²) in [4.78, 5) is 31.0. The smallest absolute Gasteiger partial charge is 0.320 e. The van der Waals surface area contributed by atoms with Gasteiger partial charge in [-0.05, 0) is 36.3 Å². The number of aromatic nitrogens is 2. The van der Waals surface area contributed by atoms with E-state index in [2.05, 4.69) is 28.9 Å². The fourth-order valence-electron chi connectivity index (χ4n) is 4.77. The van der Waals surface area contributed by atoms with Gasteiger partial charge in [0.15, 0.2) is 0 Å². The minimum atomic E-state index is 0.0956. The molecule has 3 aromatic rings. The molecular formula is C24H29N5OS. The second-order valence-corrected chi connectivity index (χ2v) is 9.91. The summed E-state index contributed by atoms with van der Waals surface area (Å²) in [5, 5.41) is 1.26. The number of rotatable bonds is 3. The van der Waals surface area contributed by atoms with Gasteiger partial charge in [-0.25, -0.2) is 14.8 Å². The molecule has 0 spiro atoms. The highest BCUT2D eigenvalue weighted by atomic mass is 32.1. The Morgan fingerprint density at radius 1 is 1.16 bits per heavy atom. The first kappa shape index (κ1) is 20.2. The van der Waals surface area contributed by atoms with Crippen molar-refractivity contribution in [3.63, 3.8) is 0 Å². The van der Waals surface area contributed by atoms with Crippen LogP contribution in [0.15, 0.2) is 36.7 Å². The van der Waals surface area contributed by atoms with Crippen LogP contribution in [0.25, 0.3) is 10.2 Å². The summed E-state index contributed by atoms with van der Waals surface area (Å²) in [6.45, 7) is 6.01. The van der Waals surface area contributed by atoms with E-state index >= 15 is 0 Å². The van der Waals surface area contributed by atoms with Crippen LogP contribution in [0.5, 0.6) is 0 Å². The zero-order chi connectivity index (χ0) is 21.4. The summed E-state index contributed by atoms with van der Waals surface area (Å²) in [5.41, 5.74) is 2.62. The van der Waals surface area contributed by atoms with E-state index < -0.39 is 0 Å². The molecule has 1 saturated heterocycles. The fraction of sp³-hybridized carbons (Fsp3) is 0.458. The highest BCUT2D eigenvalue weighted by Gasteiger charge is 2.28. The molecule has 1 aromatic carbocycles. The van der Waals surface area contributed by atoms with E-state index in [1.807, 2.05) is 46.4 Å². The number of amides is 2. The van der Waals surface area contributed by atoms with Crippen molar-refractivity contribution < 1.29 is 4.79 Å². The summed E-state index contributed by atoms with van der Waals surface area (Å²) in [7, 11) is 1.88. The van der Waals surface area contributed by atoms with Gasteiger partial charge in [-0.15, -0.1) is 11.3 Å². The lowest BCUT2D eigenvalue weighted by Crippen LogP contribution is -2.52. The zero-order valence-corrected chi connectivity index (χ0v) is 19.1. The summed E-state index contributed by atoms with van der Waals surface area (Å²) in [6, 6.07) is 10.2. The maximum atomic E-state index is 12.9.